The highest BCUT2D eigenvalue weighted by molar-refractivity contribution is 9.10. The molecule has 0 aliphatic heterocycles. The van der Waals surface area contributed by atoms with Gasteiger partial charge in [-0.2, -0.15) is 4.98 Å². The predicted molar refractivity (Wildman–Crippen MR) is 103 cm³/mol. The molecule has 1 aromatic carbocycles. The second kappa shape index (κ2) is 6.52. The van der Waals surface area contributed by atoms with E-state index >= 15 is 0 Å². The van der Waals surface area contributed by atoms with Gasteiger partial charge in [-0.15, -0.1) is 0 Å². The molecule has 0 amide bonds. The third-order valence-electron chi connectivity index (χ3n) is 4.22. The van der Waals surface area contributed by atoms with Gasteiger partial charge in [-0.05, 0) is 78.0 Å². The van der Waals surface area contributed by atoms with Crippen molar-refractivity contribution >= 4 is 38.7 Å². The van der Waals surface area contributed by atoms with Crippen LogP contribution in [0.1, 0.15) is 23.7 Å². The fraction of sp³-hybridized carbons (Fsp3) is 0.263. The minimum absolute atomic E-state index is 0.577. The lowest BCUT2D eigenvalue weighted by Gasteiger charge is -2.00. The lowest BCUT2D eigenvalue weighted by atomic mass is 10.1. The number of aromatic nitrogens is 3. The quantitative estimate of drug-likeness (QED) is 0.526. The molecule has 0 aliphatic carbocycles. The summed E-state index contributed by atoms with van der Waals surface area (Å²) in [6.45, 7) is 4.89. The van der Waals surface area contributed by atoms with Crippen LogP contribution in [0.2, 0.25) is 0 Å². The maximum absolute atomic E-state index is 5.73. The molecule has 0 bridgehead atoms. The average Bonchev–Trinajstić information content (AvgIpc) is 3.13. The van der Waals surface area contributed by atoms with E-state index in [1.807, 2.05) is 19.2 Å². The normalized spacial score (nSPS) is 11.5. The number of imidazole rings is 1. The Balaban J connectivity index is 1.56. The first-order valence-corrected chi connectivity index (χ1v) is 9.20. The lowest BCUT2D eigenvalue weighted by Crippen LogP contribution is -1.95. The van der Waals surface area contributed by atoms with Crippen molar-refractivity contribution < 1.29 is 4.42 Å². The summed E-state index contributed by atoms with van der Waals surface area (Å²) in [6.07, 6.45) is 3.81. The van der Waals surface area contributed by atoms with Gasteiger partial charge >= 0.3 is 0 Å². The van der Waals surface area contributed by atoms with E-state index in [1.165, 1.54) is 11.1 Å². The van der Waals surface area contributed by atoms with Crippen LogP contribution in [0, 0.1) is 6.92 Å². The smallest absolute Gasteiger partial charge is 0.295 e. The summed E-state index contributed by atoms with van der Waals surface area (Å²) >= 11 is 3.67. The van der Waals surface area contributed by atoms with E-state index in [0.717, 1.165) is 46.4 Å². The van der Waals surface area contributed by atoms with Crippen LogP contribution < -0.4 is 5.32 Å². The largest absolute Gasteiger partial charge is 0.424 e. The Labute approximate surface area is 154 Å². The number of rotatable bonds is 5. The average molecular weight is 399 g/mol. The van der Waals surface area contributed by atoms with Gasteiger partial charge in [-0.3, -0.25) is 4.40 Å². The van der Waals surface area contributed by atoms with E-state index in [-0.39, 0.29) is 0 Å². The monoisotopic (exact) mass is 398 g/mol. The molecule has 0 aliphatic rings. The summed E-state index contributed by atoms with van der Waals surface area (Å²) in [4.78, 5) is 9.16. The number of anilines is 1. The first kappa shape index (κ1) is 16.1. The zero-order valence-corrected chi connectivity index (χ0v) is 15.8. The first-order chi connectivity index (χ1) is 12.1. The lowest BCUT2D eigenvalue weighted by molar-refractivity contribution is 0.616. The molecule has 0 saturated carbocycles. The van der Waals surface area contributed by atoms with Gasteiger partial charge in [0, 0.05) is 12.7 Å². The maximum Gasteiger partial charge on any atom is 0.295 e. The highest BCUT2D eigenvalue weighted by Crippen LogP contribution is 2.23. The fourth-order valence-electron chi connectivity index (χ4n) is 2.94. The van der Waals surface area contributed by atoms with E-state index in [1.54, 1.807) is 0 Å². The maximum atomic E-state index is 5.73. The topological polar surface area (TPSA) is 55.4 Å². The molecule has 1 N–H and O–H groups in total. The standard InChI is InChI=1S/C19H19BrN4O/c1-3-21-19-23-14-6-4-13(11-16(14)25-19)5-7-15-18(20)24-9-8-12(2)10-17(24)22-15/h4,6,8-11H,3,5,7H2,1-2H3,(H,21,23). The Hall–Kier alpha value is -2.34. The van der Waals surface area contributed by atoms with Crippen molar-refractivity contribution in [2.45, 2.75) is 26.7 Å². The number of fused-ring (bicyclic) bond motifs is 2. The second-order valence-electron chi connectivity index (χ2n) is 6.13. The van der Waals surface area contributed by atoms with E-state index < -0.39 is 0 Å². The van der Waals surface area contributed by atoms with Crippen molar-refractivity contribution in [2.75, 3.05) is 11.9 Å². The molecule has 6 heteroatoms. The molecule has 0 fully saturated rings. The Morgan fingerprint density at radius 2 is 2.04 bits per heavy atom. The second-order valence-corrected chi connectivity index (χ2v) is 6.88. The van der Waals surface area contributed by atoms with E-state index in [2.05, 4.69) is 61.8 Å². The molecule has 0 saturated heterocycles. The van der Waals surface area contributed by atoms with Crippen LogP contribution in [-0.2, 0) is 12.8 Å². The van der Waals surface area contributed by atoms with Gasteiger partial charge in [0.05, 0.1) is 5.69 Å². The molecule has 4 aromatic rings. The summed E-state index contributed by atoms with van der Waals surface area (Å²) in [7, 11) is 0. The van der Waals surface area contributed by atoms with Crippen molar-refractivity contribution in [2.24, 2.45) is 0 Å². The molecule has 3 heterocycles. The van der Waals surface area contributed by atoms with Crippen LogP contribution in [0.3, 0.4) is 0 Å². The van der Waals surface area contributed by atoms with Gasteiger partial charge in [0.2, 0.25) is 0 Å². The molecular weight excluding hydrogens is 380 g/mol. The minimum atomic E-state index is 0.577. The summed E-state index contributed by atoms with van der Waals surface area (Å²) in [5.41, 5.74) is 6.16. The molecule has 25 heavy (non-hydrogen) atoms. The van der Waals surface area contributed by atoms with Gasteiger partial charge in [0.15, 0.2) is 5.58 Å². The van der Waals surface area contributed by atoms with Gasteiger partial charge < -0.3 is 9.73 Å². The summed E-state index contributed by atoms with van der Waals surface area (Å²) in [5, 5.41) is 3.10. The number of pyridine rings is 1. The third-order valence-corrected chi connectivity index (χ3v) is 5.06. The highest BCUT2D eigenvalue weighted by Gasteiger charge is 2.11. The molecule has 128 valence electrons. The third kappa shape index (κ3) is 3.14. The molecule has 0 unspecified atom stereocenters. The Morgan fingerprint density at radius 1 is 1.16 bits per heavy atom. The van der Waals surface area contributed by atoms with E-state index in [4.69, 9.17) is 9.40 Å². The molecule has 0 radical (unpaired) electrons. The van der Waals surface area contributed by atoms with Gasteiger partial charge in [0.1, 0.15) is 15.8 Å². The molecule has 5 nitrogen and oxygen atoms in total. The van der Waals surface area contributed by atoms with Gasteiger partial charge in [-0.25, -0.2) is 4.98 Å². The predicted octanol–water partition coefficient (Wildman–Crippen LogP) is 4.76. The van der Waals surface area contributed by atoms with Crippen LogP contribution >= 0.6 is 15.9 Å². The van der Waals surface area contributed by atoms with E-state index in [9.17, 15) is 0 Å². The van der Waals surface area contributed by atoms with Crippen molar-refractivity contribution in [3.05, 3.63) is 58.0 Å². The van der Waals surface area contributed by atoms with E-state index in [0.29, 0.717) is 6.01 Å². The number of hydrogen-bond donors (Lipinski definition) is 1. The molecule has 0 spiro atoms. The van der Waals surface area contributed by atoms with Crippen LogP contribution in [0.15, 0.2) is 45.5 Å². The van der Waals surface area contributed by atoms with Crippen molar-refractivity contribution in [3.8, 4) is 0 Å². The summed E-state index contributed by atoms with van der Waals surface area (Å²) in [5.74, 6) is 0. The number of benzene rings is 1. The minimum Gasteiger partial charge on any atom is -0.424 e. The van der Waals surface area contributed by atoms with Crippen molar-refractivity contribution in [3.63, 3.8) is 0 Å². The Bertz CT molecular complexity index is 1050. The van der Waals surface area contributed by atoms with Gasteiger partial charge in [-0.1, -0.05) is 6.07 Å². The number of nitrogens with zero attached hydrogens (tertiary/aromatic N) is 3. The van der Waals surface area contributed by atoms with Crippen LogP contribution in [0.5, 0.6) is 0 Å². The molecule has 0 atom stereocenters. The zero-order valence-electron chi connectivity index (χ0n) is 14.2. The zero-order chi connectivity index (χ0) is 17.4. The number of hydrogen-bond acceptors (Lipinski definition) is 4. The Kier molecular flexibility index (Phi) is 4.21. The number of aryl methyl sites for hydroxylation is 3. The van der Waals surface area contributed by atoms with Crippen LogP contribution in [-0.4, -0.2) is 20.9 Å². The molecule has 3 aromatic heterocycles. The SMILES string of the molecule is CCNc1nc2ccc(CCc3nc4cc(C)ccn4c3Br)cc2o1. The molecule has 4 rings (SSSR count). The number of nitrogens with one attached hydrogen (secondary N) is 1. The molecular formula is C19H19BrN4O. The summed E-state index contributed by atoms with van der Waals surface area (Å²) < 4.78 is 8.83. The number of halogens is 1. The fourth-order valence-corrected chi connectivity index (χ4v) is 3.53. The van der Waals surface area contributed by atoms with Crippen LogP contribution in [0.25, 0.3) is 16.7 Å². The number of oxazole rings is 1. The highest BCUT2D eigenvalue weighted by atomic mass is 79.9. The first-order valence-electron chi connectivity index (χ1n) is 8.40. The van der Waals surface area contributed by atoms with Crippen molar-refractivity contribution in [1.82, 2.24) is 14.4 Å². The van der Waals surface area contributed by atoms with Gasteiger partial charge in [0.25, 0.3) is 6.01 Å². The Morgan fingerprint density at radius 3 is 2.88 bits per heavy atom. The summed E-state index contributed by atoms with van der Waals surface area (Å²) in [6, 6.07) is 10.9. The van der Waals surface area contributed by atoms with Crippen LogP contribution in [0.4, 0.5) is 6.01 Å². The van der Waals surface area contributed by atoms with Crippen molar-refractivity contribution in [1.29, 1.82) is 0 Å².